The molecule has 0 aliphatic carbocycles. The molecule has 3 fully saturated rings. The Morgan fingerprint density at radius 3 is 2.96 bits per heavy atom. The maximum absolute atomic E-state index is 8.82. The van der Waals surface area contributed by atoms with Crippen molar-refractivity contribution in [3.05, 3.63) is 29.3 Å². The van der Waals surface area contributed by atoms with E-state index in [2.05, 4.69) is 15.2 Å². The van der Waals surface area contributed by atoms with Gasteiger partial charge in [-0.15, -0.1) is 11.3 Å². The van der Waals surface area contributed by atoms with Crippen LogP contribution < -0.4 is 10.2 Å². The van der Waals surface area contributed by atoms with E-state index in [0.717, 1.165) is 40.3 Å². The van der Waals surface area contributed by atoms with Gasteiger partial charge in [0.05, 0.1) is 17.7 Å². The summed E-state index contributed by atoms with van der Waals surface area (Å²) in [6, 6.07) is 7.73. The maximum Gasteiger partial charge on any atom is 0.298 e. The van der Waals surface area contributed by atoms with Crippen LogP contribution >= 0.6 is 11.3 Å². The minimum atomic E-state index is -0.244. The van der Waals surface area contributed by atoms with E-state index in [-0.39, 0.29) is 12.7 Å². The molecule has 1 aromatic carbocycles. The number of thiazole rings is 1. The topological polar surface area (TPSA) is 87.2 Å². The average Bonchev–Trinajstić information content (AvgIpc) is 3.34. The van der Waals surface area contributed by atoms with Gasteiger partial charge in [0.25, 0.3) is 6.01 Å². The van der Waals surface area contributed by atoms with Gasteiger partial charge in [0.2, 0.25) is 0 Å². The molecule has 0 saturated carbocycles. The van der Waals surface area contributed by atoms with Crippen LogP contribution in [0.5, 0.6) is 0 Å². The number of benzene rings is 1. The van der Waals surface area contributed by atoms with E-state index in [1.165, 1.54) is 6.42 Å². The van der Waals surface area contributed by atoms with Crippen molar-refractivity contribution in [2.75, 3.05) is 24.6 Å². The van der Waals surface area contributed by atoms with E-state index in [9.17, 15) is 0 Å². The van der Waals surface area contributed by atoms with Crippen LogP contribution in [-0.2, 0) is 4.74 Å². The third-order valence-corrected chi connectivity index (χ3v) is 6.06. The Kier molecular flexibility index (Phi) is 4.08. The quantitative estimate of drug-likeness (QED) is 0.726. The third-order valence-electron chi connectivity index (χ3n) is 5.25. The number of hydrogen-bond donors (Lipinski definition) is 1. The van der Waals surface area contributed by atoms with Gasteiger partial charge in [0.15, 0.2) is 5.58 Å². The number of piperazine rings is 1. The average molecular weight is 381 g/mol. The number of rotatable bonds is 5. The van der Waals surface area contributed by atoms with Crippen molar-refractivity contribution < 1.29 is 9.15 Å². The van der Waals surface area contributed by atoms with Crippen molar-refractivity contribution >= 4 is 28.5 Å². The molecule has 3 aliphatic rings. The van der Waals surface area contributed by atoms with Crippen molar-refractivity contribution in [3.63, 3.8) is 0 Å². The molecule has 138 valence electrons. The fourth-order valence-corrected chi connectivity index (χ4v) is 4.58. The number of nitriles is 1. The van der Waals surface area contributed by atoms with Crippen molar-refractivity contribution in [1.29, 1.82) is 5.26 Å². The van der Waals surface area contributed by atoms with Crippen LogP contribution in [0.25, 0.3) is 21.7 Å². The first-order valence-corrected chi connectivity index (χ1v) is 9.93. The van der Waals surface area contributed by atoms with Crippen molar-refractivity contribution in [2.45, 2.75) is 31.5 Å². The van der Waals surface area contributed by atoms with E-state index in [1.54, 1.807) is 17.5 Å². The maximum atomic E-state index is 8.82. The second-order valence-corrected chi connectivity index (χ2v) is 7.92. The lowest BCUT2D eigenvalue weighted by Gasteiger charge is -2.47. The van der Waals surface area contributed by atoms with E-state index in [0.29, 0.717) is 18.1 Å². The van der Waals surface area contributed by atoms with Gasteiger partial charge in [0.1, 0.15) is 17.1 Å². The number of aromatic nitrogens is 2. The Hall–Kier alpha value is -2.47. The number of anilines is 1. The van der Waals surface area contributed by atoms with Crippen LogP contribution in [0.15, 0.2) is 28.1 Å². The first kappa shape index (κ1) is 16.7. The SMILES string of the molecule is CC(OCC#N)c1ccc(-c2nccs2)c2oc(N3CC4CC(C3)N4)nc12. The first-order valence-electron chi connectivity index (χ1n) is 9.06. The van der Waals surface area contributed by atoms with Crippen LogP contribution in [0.4, 0.5) is 6.01 Å². The Morgan fingerprint density at radius 1 is 1.44 bits per heavy atom. The minimum absolute atomic E-state index is 0.0444. The highest BCUT2D eigenvalue weighted by Gasteiger charge is 2.38. The molecule has 6 rings (SSSR count). The molecule has 7 nitrogen and oxygen atoms in total. The lowest BCUT2D eigenvalue weighted by atomic mass is 9.92. The predicted molar refractivity (Wildman–Crippen MR) is 103 cm³/mol. The molecule has 0 amide bonds. The molecule has 8 heteroatoms. The summed E-state index contributed by atoms with van der Waals surface area (Å²) in [4.78, 5) is 11.5. The monoisotopic (exact) mass is 381 g/mol. The second kappa shape index (κ2) is 6.60. The molecule has 27 heavy (non-hydrogen) atoms. The molecule has 0 radical (unpaired) electrons. The van der Waals surface area contributed by atoms with Gasteiger partial charge >= 0.3 is 0 Å². The summed E-state index contributed by atoms with van der Waals surface area (Å²) in [5.41, 5.74) is 3.39. The molecule has 3 unspecified atom stereocenters. The fraction of sp³-hybridized carbons (Fsp3) is 0.421. The zero-order chi connectivity index (χ0) is 18.4. The van der Waals surface area contributed by atoms with Gasteiger partial charge < -0.3 is 19.4 Å². The predicted octanol–water partition coefficient (Wildman–Crippen LogP) is 3.10. The molecule has 2 aromatic heterocycles. The zero-order valence-electron chi connectivity index (χ0n) is 14.9. The van der Waals surface area contributed by atoms with Gasteiger partial charge in [-0.2, -0.15) is 10.2 Å². The summed E-state index contributed by atoms with van der Waals surface area (Å²) in [5.74, 6) is 0. The lowest BCUT2D eigenvalue weighted by Crippen LogP contribution is -2.67. The Labute approximate surface area is 160 Å². The summed E-state index contributed by atoms with van der Waals surface area (Å²) >= 11 is 1.57. The standard InChI is InChI=1S/C19H19N5O2S/c1-11(25-6-4-20)14-2-3-15(18-21-5-7-27-18)17-16(14)23-19(26-17)24-9-12-8-13(10-24)22-12/h2-3,5,7,11-13,22H,6,8-10H2,1H3. The highest BCUT2D eigenvalue weighted by Crippen LogP contribution is 2.38. The molecule has 2 bridgehead atoms. The molecule has 5 heterocycles. The number of ether oxygens (including phenoxy) is 1. The van der Waals surface area contributed by atoms with Gasteiger partial charge in [-0.25, -0.2) is 4.98 Å². The van der Waals surface area contributed by atoms with Gasteiger partial charge in [0, 0.05) is 42.3 Å². The molecule has 0 spiro atoms. The molecule has 3 aliphatic heterocycles. The van der Waals surface area contributed by atoms with E-state index in [4.69, 9.17) is 19.4 Å². The van der Waals surface area contributed by atoms with Gasteiger partial charge in [-0.1, -0.05) is 6.07 Å². The van der Waals surface area contributed by atoms with Gasteiger partial charge in [-0.05, 0) is 19.4 Å². The molecule has 1 N–H and O–H groups in total. The third kappa shape index (κ3) is 2.88. The highest BCUT2D eigenvalue weighted by molar-refractivity contribution is 7.13. The van der Waals surface area contributed by atoms with Crippen LogP contribution in [0, 0.1) is 11.3 Å². The second-order valence-electron chi connectivity index (χ2n) is 7.03. The highest BCUT2D eigenvalue weighted by atomic mass is 32.1. The van der Waals surface area contributed by atoms with Crippen molar-refractivity contribution in [2.24, 2.45) is 0 Å². The number of piperidine rings is 1. The largest absolute Gasteiger partial charge is 0.423 e. The number of hydrogen-bond acceptors (Lipinski definition) is 8. The summed E-state index contributed by atoms with van der Waals surface area (Å²) in [7, 11) is 0. The van der Waals surface area contributed by atoms with E-state index >= 15 is 0 Å². The minimum Gasteiger partial charge on any atom is -0.423 e. The van der Waals surface area contributed by atoms with Crippen LogP contribution in [-0.4, -0.2) is 41.7 Å². The number of fused-ring (bicyclic) bond motifs is 3. The number of nitrogens with zero attached hydrogens (tertiary/aromatic N) is 4. The first-order chi connectivity index (χ1) is 13.2. The summed E-state index contributed by atoms with van der Waals surface area (Å²) < 4.78 is 11.9. The molecule has 3 aromatic rings. The number of nitrogens with one attached hydrogen (secondary N) is 1. The molecule has 3 saturated heterocycles. The normalized spacial score (nSPS) is 22.4. The fourth-order valence-electron chi connectivity index (χ4n) is 3.92. The Balaban J connectivity index is 1.59. The summed E-state index contributed by atoms with van der Waals surface area (Å²) in [6.45, 7) is 3.80. The van der Waals surface area contributed by atoms with Crippen molar-refractivity contribution in [3.8, 4) is 16.6 Å². The van der Waals surface area contributed by atoms with E-state index in [1.807, 2.05) is 30.5 Å². The molecular weight excluding hydrogens is 362 g/mol. The zero-order valence-corrected chi connectivity index (χ0v) is 15.7. The molecule has 3 atom stereocenters. The number of oxazole rings is 1. The Morgan fingerprint density at radius 2 is 2.26 bits per heavy atom. The smallest absolute Gasteiger partial charge is 0.298 e. The van der Waals surface area contributed by atoms with Crippen LogP contribution in [0.2, 0.25) is 0 Å². The van der Waals surface area contributed by atoms with Gasteiger partial charge in [-0.3, -0.25) is 0 Å². The van der Waals surface area contributed by atoms with Crippen LogP contribution in [0.3, 0.4) is 0 Å². The lowest BCUT2D eigenvalue weighted by molar-refractivity contribution is 0.0926. The molecular formula is C19H19N5O2S. The summed E-state index contributed by atoms with van der Waals surface area (Å²) in [6.07, 6.45) is 2.78. The summed E-state index contributed by atoms with van der Waals surface area (Å²) in [5, 5.41) is 15.2. The van der Waals surface area contributed by atoms with Crippen molar-refractivity contribution in [1.82, 2.24) is 15.3 Å². The van der Waals surface area contributed by atoms with Crippen LogP contribution in [0.1, 0.15) is 25.0 Å². The van der Waals surface area contributed by atoms with E-state index < -0.39 is 0 Å². The Bertz CT molecular complexity index is 993.